The number of hydrogen-bond donors (Lipinski definition) is 1. The average molecular weight is 484 g/mol. The van der Waals surface area contributed by atoms with Crippen LogP contribution in [0.25, 0.3) is 0 Å². The number of methoxy groups -OCH3 is 2. The second-order valence-electron chi connectivity index (χ2n) is 8.04. The zero-order chi connectivity index (χ0) is 25.0. The van der Waals surface area contributed by atoms with Crippen LogP contribution in [0.15, 0.2) is 0 Å². The summed E-state index contributed by atoms with van der Waals surface area (Å²) >= 11 is 0. The maximum atomic E-state index is 13.6. The van der Waals surface area contributed by atoms with E-state index in [1.54, 1.807) is 14.2 Å². The lowest BCUT2D eigenvalue weighted by molar-refractivity contribution is -0.230. The summed E-state index contributed by atoms with van der Waals surface area (Å²) in [6, 6.07) is 0. The fraction of sp³-hybridized carbons (Fsp3) is 0.696. The number of hydrogen-bond acceptors (Lipinski definition) is 4. The lowest BCUT2D eigenvalue weighted by Gasteiger charge is -2.35. The number of ether oxygens (including phenoxy) is 3. The van der Waals surface area contributed by atoms with Crippen molar-refractivity contribution in [2.24, 2.45) is 5.92 Å². The van der Waals surface area contributed by atoms with Crippen LogP contribution < -0.4 is 10.1 Å². The molecule has 0 spiro atoms. The molecule has 0 aliphatic heterocycles. The molecule has 1 rings (SSSR count). The third kappa shape index (κ3) is 8.41. The summed E-state index contributed by atoms with van der Waals surface area (Å²) in [5.74, 6) is -13.6. The number of halogens is 5. The molecule has 0 radical (unpaired) electrons. The maximum Gasteiger partial charge on any atom is 0.412 e. The SMILES string of the molecule is CCCCCCCCC(CCCNC(=O)Oc1c(F)c(F)c(F)c(F)c1F)C(C)(OC)OC. The third-order valence-corrected chi connectivity index (χ3v) is 5.82. The number of carbonyl (C=O) groups is 1. The topological polar surface area (TPSA) is 56.8 Å². The fourth-order valence-corrected chi connectivity index (χ4v) is 3.60. The number of nitrogens with one attached hydrogen (secondary N) is 1. The van der Waals surface area contributed by atoms with Gasteiger partial charge < -0.3 is 19.5 Å². The highest BCUT2D eigenvalue weighted by Gasteiger charge is 2.33. The second kappa shape index (κ2) is 14.3. The molecule has 0 saturated carbocycles. The Morgan fingerprint density at radius 3 is 1.85 bits per heavy atom. The molecule has 0 bridgehead atoms. The van der Waals surface area contributed by atoms with Gasteiger partial charge in [-0.25, -0.2) is 18.0 Å². The summed E-state index contributed by atoms with van der Waals surface area (Å²) in [5, 5.41) is 2.26. The molecule has 190 valence electrons. The van der Waals surface area contributed by atoms with Gasteiger partial charge in [-0.3, -0.25) is 0 Å². The smallest absolute Gasteiger partial charge is 0.404 e. The minimum atomic E-state index is -2.33. The van der Waals surface area contributed by atoms with E-state index in [2.05, 4.69) is 17.0 Å². The largest absolute Gasteiger partial charge is 0.412 e. The predicted octanol–water partition coefficient (Wildman–Crippen LogP) is 6.63. The van der Waals surface area contributed by atoms with Gasteiger partial charge in [-0.2, -0.15) is 8.78 Å². The van der Waals surface area contributed by atoms with E-state index >= 15 is 0 Å². The van der Waals surface area contributed by atoms with E-state index in [1.165, 1.54) is 19.3 Å². The summed E-state index contributed by atoms with van der Waals surface area (Å²) in [6.07, 6.45) is 7.40. The summed E-state index contributed by atoms with van der Waals surface area (Å²) in [5.41, 5.74) is 0. The maximum absolute atomic E-state index is 13.6. The van der Waals surface area contributed by atoms with Gasteiger partial charge in [0.25, 0.3) is 0 Å². The molecular weight excluding hydrogens is 449 g/mol. The molecule has 33 heavy (non-hydrogen) atoms. The molecule has 1 aromatic carbocycles. The van der Waals surface area contributed by atoms with Crippen LogP contribution in [0.3, 0.4) is 0 Å². The van der Waals surface area contributed by atoms with Gasteiger partial charge in [-0.05, 0) is 26.2 Å². The van der Waals surface area contributed by atoms with Crippen molar-refractivity contribution < 1.29 is 41.0 Å². The van der Waals surface area contributed by atoms with Crippen molar-refractivity contribution in [3.63, 3.8) is 0 Å². The highest BCUT2D eigenvalue weighted by molar-refractivity contribution is 5.70. The Bertz CT molecular complexity index is 730. The molecular formula is C23H34F5NO4. The Labute approximate surface area is 192 Å². The Balaban J connectivity index is 2.59. The van der Waals surface area contributed by atoms with Crippen molar-refractivity contribution in [2.75, 3.05) is 20.8 Å². The molecule has 0 aliphatic carbocycles. The molecule has 1 atom stereocenters. The third-order valence-electron chi connectivity index (χ3n) is 5.82. The van der Waals surface area contributed by atoms with Crippen LogP contribution in [-0.2, 0) is 9.47 Å². The van der Waals surface area contributed by atoms with E-state index in [4.69, 9.17) is 9.47 Å². The normalized spacial score (nSPS) is 12.6. The van der Waals surface area contributed by atoms with E-state index in [0.717, 1.165) is 25.7 Å². The van der Waals surface area contributed by atoms with Crippen molar-refractivity contribution in [3.8, 4) is 5.75 Å². The Morgan fingerprint density at radius 1 is 0.818 bits per heavy atom. The molecule has 1 N–H and O–H groups in total. The van der Waals surface area contributed by atoms with Gasteiger partial charge in [0.1, 0.15) is 0 Å². The van der Waals surface area contributed by atoms with Crippen LogP contribution in [0, 0.1) is 35.0 Å². The minimum absolute atomic E-state index is 0.0201. The van der Waals surface area contributed by atoms with Gasteiger partial charge in [0, 0.05) is 26.7 Å². The van der Waals surface area contributed by atoms with E-state index in [-0.39, 0.29) is 12.5 Å². The standard InChI is InChI=1S/C23H34F5NO4/c1-5-6-7-8-9-10-12-15(23(2,31-3)32-4)13-11-14-29-22(30)33-21-19(27)17(25)16(24)18(26)20(21)28/h15H,5-14H2,1-4H3,(H,29,30). The summed E-state index contributed by atoms with van der Waals surface area (Å²) in [6.45, 7) is 4.05. The van der Waals surface area contributed by atoms with E-state index in [0.29, 0.717) is 12.8 Å². The van der Waals surface area contributed by atoms with Gasteiger partial charge in [-0.1, -0.05) is 45.4 Å². The number of unbranched alkanes of at least 4 members (excludes halogenated alkanes) is 5. The lowest BCUT2D eigenvalue weighted by atomic mass is 9.88. The first-order valence-corrected chi connectivity index (χ1v) is 11.2. The number of carbonyl (C=O) groups excluding carboxylic acids is 1. The van der Waals surface area contributed by atoms with Crippen molar-refractivity contribution in [3.05, 3.63) is 29.1 Å². The molecule has 10 heteroatoms. The first-order valence-electron chi connectivity index (χ1n) is 11.2. The van der Waals surface area contributed by atoms with E-state index in [9.17, 15) is 26.7 Å². The van der Waals surface area contributed by atoms with Crippen LogP contribution in [0.1, 0.15) is 71.6 Å². The van der Waals surface area contributed by atoms with Crippen molar-refractivity contribution in [1.82, 2.24) is 5.32 Å². The van der Waals surface area contributed by atoms with Gasteiger partial charge in [0.2, 0.25) is 34.8 Å². The molecule has 0 aliphatic rings. The van der Waals surface area contributed by atoms with Gasteiger partial charge >= 0.3 is 6.09 Å². The Morgan fingerprint density at radius 2 is 1.30 bits per heavy atom. The molecule has 5 nitrogen and oxygen atoms in total. The van der Waals surface area contributed by atoms with Crippen LogP contribution in [0.5, 0.6) is 5.75 Å². The van der Waals surface area contributed by atoms with Crippen LogP contribution in [0.4, 0.5) is 26.7 Å². The number of rotatable bonds is 15. The summed E-state index contributed by atoms with van der Waals surface area (Å²) < 4.78 is 82.2. The van der Waals surface area contributed by atoms with Gasteiger partial charge in [0.05, 0.1) is 0 Å². The molecule has 1 amide bonds. The zero-order valence-corrected chi connectivity index (χ0v) is 19.7. The van der Waals surface area contributed by atoms with E-state index in [1.807, 2.05) is 6.92 Å². The summed E-state index contributed by atoms with van der Waals surface area (Å²) in [4.78, 5) is 11.8. The first kappa shape index (κ1) is 29.1. The quantitative estimate of drug-likeness (QED) is 0.100. The fourth-order valence-electron chi connectivity index (χ4n) is 3.60. The molecule has 0 heterocycles. The van der Waals surface area contributed by atoms with Crippen LogP contribution in [0.2, 0.25) is 0 Å². The van der Waals surface area contributed by atoms with Gasteiger partial charge in [0.15, 0.2) is 5.79 Å². The van der Waals surface area contributed by atoms with Crippen molar-refractivity contribution in [1.29, 1.82) is 0 Å². The summed E-state index contributed by atoms with van der Waals surface area (Å²) in [7, 11) is 3.11. The molecule has 0 aromatic heterocycles. The lowest BCUT2D eigenvalue weighted by Crippen LogP contribution is -2.39. The highest BCUT2D eigenvalue weighted by Crippen LogP contribution is 2.31. The minimum Gasteiger partial charge on any atom is -0.404 e. The number of benzene rings is 1. The highest BCUT2D eigenvalue weighted by atomic mass is 19.2. The van der Waals surface area contributed by atoms with Gasteiger partial charge in [-0.15, -0.1) is 0 Å². The zero-order valence-electron chi connectivity index (χ0n) is 19.7. The van der Waals surface area contributed by atoms with E-state index < -0.39 is 46.7 Å². The molecule has 0 fully saturated rings. The van der Waals surface area contributed by atoms with Crippen molar-refractivity contribution in [2.45, 2.75) is 77.4 Å². The Hall–Kier alpha value is -1.94. The molecule has 0 saturated heterocycles. The van der Waals surface area contributed by atoms with Crippen LogP contribution >= 0.6 is 0 Å². The average Bonchev–Trinajstić information content (AvgIpc) is 2.82. The Kier molecular flexibility index (Phi) is 12.7. The first-order chi connectivity index (χ1) is 15.6. The van der Waals surface area contributed by atoms with Crippen molar-refractivity contribution >= 4 is 6.09 Å². The predicted molar refractivity (Wildman–Crippen MR) is 113 cm³/mol. The molecule has 1 aromatic rings. The second-order valence-corrected chi connectivity index (χ2v) is 8.04. The monoisotopic (exact) mass is 483 g/mol. The number of amides is 1. The molecule has 1 unspecified atom stereocenters. The van der Waals surface area contributed by atoms with Crippen LogP contribution in [-0.4, -0.2) is 32.6 Å².